The standard InChI is InChI=1S/C61H104O6/c1-4-7-10-13-16-19-22-25-27-29-30-32-34-37-39-42-45-48-51-54-60(63)66-57-58(67-61(64)55-52-49-46-43-40-35-24-21-18-15-12-9-6-3)56-65-59(62)53-50-47-44-41-38-36-33-31-28-26-23-20-17-14-11-8-5-2/h16-17,19-21,24-28,33,36,41,44,58H,4-15,18,22-23,29-32,34-35,37-40,42-43,45-57H2,1-3H3/b19-16-,20-17-,24-21-,27-25-,28-26-,36-33-,44-41-/t58-/m0/s1. The topological polar surface area (TPSA) is 78.9 Å². The number of esters is 3. The monoisotopic (exact) mass is 933 g/mol. The Balaban J connectivity index is 4.45. The van der Waals surface area contributed by atoms with E-state index in [9.17, 15) is 14.4 Å². The minimum absolute atomic E-state index is 0.0990. The molecule has 0 saturated heterocycles. The van der Waals surface area contributed by atoms with E-state index in [0.717, 1.165) is 83.5 Å². The van der Waals surface area contributed by atoms with Crippen LogP contribution in [-0.4, -0.2) is 37.2 Å². The van der Waals surface area contributed by atoms with E-state index >= 15 is 0 Å². The van der Waals surface area contributed by atoms with Crippen molar-refractivity contribution in [1.82, 2.24) is 0 Å². The van der Waals surface area contributed by atoms with Gasteiger partial charge in [-0.05, 0) is 116 Å². The van der Waals surface area contributed by atoms with E-state index in [1.54, 1.807) is 0 Å². The fourth-order valence-corrected chi connectivity index (χ4v) is 7.58. The Morgan fingerprint density at radius 1 is 0.299 bits per heavy atom. The van der Waals surface area contributed by atoms with Crippen LogP contribution < -0.4 is 0 Å². The Morgan fingerprint density at radius 3 is 0.940 bits per heavy atom. The Labute approximate surface area is 414 Å². The van der Waals surface area contributed by atoms with Crippen molar-refractivity contribution in [2.75, 3.05) is 13.2 Å². The van der Waals surface area contributed by atoms with Crippen LogP contribution in [-0.2, 0) is 28.6 Å². The summed E-state index contributed by atoms with van der Waals surface area (Å²) in [6.07, 6.45) is 71.4. The second-order valence-corrected chi connectivity index (χ2v) is 18.5. The third kappa shape index (κ3) is 53.4. The molecule has 0 spiro atoms. The highest BCUT2D eigenvalue weighted by atomic mass is 16.6. The molecule has 0 aromatic heterocycles. The van der Waals surface area contributed by atoms with Crippen molar-refractivity contribution in [2.24, 2.45) is 0 Å². The van der Waals surface area contributed by atoms with Crippen LogP contribution in [0.2, 0.25) is 0 Å². The summed E-state index contributed by atoms with van der Waals surface area (Å²) in [5.74, 6) is -0.967. The smallest absolute Gasteiger partial charge is 0.306 e. The number of allylic oxidation sites excluding steroid dienone is 14. The first-order valence-electron chi connectivity index (χ1n) is 28.1. The van der Waals surface area contributed by atoms with Gasteiger partial charge >= 0.3 is 17.9 Å². The molecule has 0 N–H and O–H groups in total. The van der Waals surface area contributed by atoms with E-state index in [2.05, 4.69) is 106 Å². The molecule has 384 valence electrons. The molecule has 6 heteroatoms. The van der Waals surface area contributed by atoms with Gasteiger partial charge in [0, 0.05) is 19.3 Å². The lowest BCUT2D eigenvalue weighted by Crippen LogP contribution is -2.30. The van der Waals surface area contributed by atoms with E-state index in [0.29, 0.717) is 19.3 Å². The number of hydrogen-bond acceptors (Lipinski definition) is 6. The zero-order valence-corrected chi connectivity index (χ0v) is 43.9. The van der Waals surface area contributed by atoms with Gasteiger partial charge in [-0.2, -0.15) is 0 Å². The molecule has 0 fully saturated rings. The largest absolute Gasteiger partial charge is 0.462 e. The van der Waals surface area contributed by atoms with Crippen LogP contribution in [0, 0.1) is 0 Å². The molecule has 0 saturated carbocycles. The second-order valence-electron chi connectivity index (χ2n) is 18.5. The molecular formula is C61H104O6. The lowest BCUT2D eigenvalue weighted by atomic mass is 10.1. The van der Waals surface area contributed by atoms with Gasteiger partial charge in [0.15, 0.2) is 6.10 Å². The summed E-state index contributed by atoms with van der Waals surface area (Å²) in [5.41, 5.74) is 0. The number of unbranched alkanes of at least 4 members (excludes halogenated alkanes) is 25. The maximum atomic E-state index is 12.8. The van der Waals surface area contributed by atoms with Gasteiger partial charge in [-0.15, -0.1) is 0 Å². The molecule has 0 amide bonds. The quantitative estimate of drug-likeness (QED) is 0.0262. The highest BCUT2D eigenvalue weighted by molar-refractivity contribution is 5.71. The van der Waals surface area contributed by atoms with Crippen LogP contribution in [0.25, 0.3) is 0 Å². The highest BCUT2D eigenvalue weighted by Crippen LogP contribution is 2.14. The summed E-state index contributed by atoms with van der Waals surface area (Å²) in [7, 11) is 0. The number of rotatable bonds is 50. The van der Waals surface area contributed by atoms with Crippen LogP contribution in [0.1, 0.15) is 265 Å². The fraction of sp³-hybridized carbons (Fsp3) is 0.721. The summed E-state index contributed by atoms with van der Waals surface area (Å²) in [5, 5.41) is 0. The summed E-state index contributed by atoms with van der Waals surface area (Å²) in [6, 6.07) is 0. The van der Waals surface area contributed by atoms with Crippen molar-refractivity contribution >= 4 is 17.9 Å². The summed E-state index contributed by atoms with van der Waals surface area (Å²) in [4.78, 5) is 38.1. The molecule has 0 bridgehead atoms. The zero-order chi connectivity index (χ0) is 48.6. The number of carbonyl (C=O) groups is 3. The van der Waals surface area contributed by atoms with E-state index in [1.165, 1.54) is 135 Å². The summed E-state index contributed by atoms with van der Waals surface area (Å²) < 4.78 is 16.8. The normalized spacial score (nSPS) is 12.7. The molecular weight excluding hydrogens is 829 g/mol. The highest BCUT2D eigenvalue weighted by Gasteiger charge is 2.19. The summed E-state index contributed by atoms with van der Waals surface area (Å²) in [6.45, 7) is 6.52. The molecule has 0 rings (SSSR count). The van der Waals surface area contributed by atoms with Crippen molar-refractivity contribution in [3.63, 3.8) is 0 Å². The molecule has 0 aliphatic rings. The maximum absolute atomic E-state index is 12.8. The number of carbonyl (C=O) groups excluding carboxylic acids is 3. The van der Waals surface area contributed by atoms with Crippen molar-refractivity contribution in [1.29, 1.82) is 0 Å². The predicted octanol–water partition coefficient (Wildman–Crippen LogP) is 18.8. The third-order valence-corrected chi connectivity index (χ3v) is 11.8. The molecule has 67 heavy (non-hydrogen) atoms. The molecule has 0 unspecified atom stereocenters. The van der Waals surface area contributed by atoms with Gasteiger partial charge in [-0.25, -0.2) is 0 Å². The molecule has 0 heterocycles. The average molecular weight is 933 g/mol. The summed E-state index contributed by atoms with van der Waals surface area (Å²) >= 11 is 0. The Morgan fingerprint density at radius 2 is 0.552 bits per heavy atom. The third-order valence-electron chi connectivity index (χ3n) is 11.8. The van der Waals surface area contributed by atoms with Crippen LogP contribution in [0.5, 0.6) is 0 Å². The Bertz CT molecular complexity index is 1300. The van der Waals surface area contributed by atoms with Gasteiger partial charge in [-0.1, -0.05) is 215 Å². The minimum Gasteiger partial charge on any atom is -0.462 e. The first kappa shape index (κ1) is 63.6. The molecule has 6 nitrogen and oxygen atoms in total. The minimum atomic E-state index is -0.805. The molecule has 0 aromatic carbocycles. The zero-order valence-electron chi connectivity index (χ0n) is 43.9. The Hall–Kier alpha value is -3.41. The van der Waals surface area contributed by atoms with E-state index in [1.807, 2.05) is 0 Å². The van der Waals surface area contributed by atoms with Crippen molar-refractivity contribution in [2.45, 2.75) is 271 Å². The van der Waals surface area contributed by atoms with Gasteiger partial charge in [0.25, 0.3) is 0 Å². The van der Waals surface area contributed by atoms with Crippen molar-refractivity contribution in [3.05, 3.63) is 85.1 Å². The maximum Gasteiger partial charge on any atom is 0.306 e. The van der Waals surface area contributed by atoms with Crippen LogP contribution >= 0.6 is 0 Å². The molecule has 0 aliphatic carbocycles. The predicted molar refractivity (Wildman–Crippen MR) is 288 cm³/mol. The second kappa shape index (κ2) is 55.2. The van der Waals surface area contributed by atoms with Gasteiger partial charge in [0.1, 0.15) is 13.2 Å². The number of ether oxygens (including phenoxy) is 3. The van der Waals surface area contributed by atoms with E-state index < -0.39 is 6.10 Å². The van der Waals surface area contributed by atoms with Crippen LogP contribution in [0.4, 0.5) is 0 Å². The lowest BCUT2D eigenvalue weighted by Gasteiger charge is -2.18. The van der Waals surface area contributed by atoms with Gasteiger partial charge in [0.2, 0.25) is 0 Å². The SMILES string of the molecule is CCCCC/C=C\C/C=C\C/C=C\C/C=C\CCCC(=O)OC[C@@H](COC(=O)CCCCCCCCCCC/C=C\C/C=C\CCCCC)OC(=O)CCCCCCC/C=C\CCCCCC. The van der Waals surface area contributed by atoms with E-state index in [4.69, 9.17) is 14.2 Å². The molecule has 0 radical (unpaired) electrons. The van der Waals surface area contributed by atoms with Crippen molar-refractivity contribution < 1.29 is 28.6 Å². The first-order valence-corrected chi connectivity index (χ1v) is 28.1. The fourth-order valence-electron chi connectivity index (χ4n) is 7.58. The van der Waals surface area contributed by atoms with Crippen LogP contribution in [0.15, 0.2) is 85.1 Å². The van der Waals surface area contributed by atoms with Crippen LogP contribution in [0.3, 0.4) is 0 Å². The first-order chi connectivity index (χ1) is 33.0. The Kier molecular flexibility index (Phi) is 52.4. The number of hydrogen-bond donors (Lipinski definition) is 0. The molecule has 0 aromatic rings. The van der Waals surface area contributed by atoms with Gasteiger partial charge in [-0.3, -0.25) is 14.4 Å². The average Bonchev–Trinajstić information content (AvgIpc) is 3.33. The van der Waals surface area contributed by atoms with Crippen molar-refractivity contribution in [3.8, 4) is 0 Å². The van der Waals surface area contributed by atoms with E-state index in [-0.39, 0.29) is 37.5 Å². The molecule has 1 atom stereocenters. The van der Waals surface area contributed by atoms with Gasteiger partial charge in [0.05, 0.1) is 0 Å². The molecule has 0 aliphatic heterocycles. The lowest BCUT2D eigenvalue weighted by molar-refractivity contribution is -0.167. The van der Waals surface area contributed by atoms with Gasteiger partial charge < -0.3 is 14.2 Å².